The first-order valence-corrected chi connectivity index (χ1v) is 4.01. The second kappa shape index (κ2) is 3.20. The van der Waals surface area contributed by atoms with Crippen LogP contribution in [0.5, 0.6) is 0 Å². The van der Waals surface area contributed by atoms with Crippen LogP contribution < -0.4 is 0 Å². The maximum atomic E-state index is 11.3. The molecule has 4 heteroatoms. The van der Waals surface area contributed by atoms with Crippen molar-refractivity contribution in [1.82, 2.24) is 0 Å². The van der Waals surface area contributed by atoms with E-state index < -0.39 is 17.4 Å². The van der Waals surface area contributed by atoms with Crippen molar-refractivity contribution in [3.63, 3.8) is 0 Å². The van der Waals surface area contributed by atoms with Gasteiger partial charge in [-0.1, -0.05) is 0 Å². The van der Waals surface area contributed by atoms with Gasteiger partial charge in [-0.3, -0.25) is 4.79 Å². The summed E-state index contributed by atoms with van der Waals surface area (Å²) in [5.74, 6) is -1.00. The first kappa shape index (κ1) is 9.77. The first-order valence-electron chi connectivity index (χ1n) is 4.01. The number of carbonyl (C=O) groups is 2. The van der Waals surface area contributed by atoms with E-state index in [4.69, 9.17) is 4.74 Å². The highest BCUT2D eigenvalue weighted by Gasteiger charge is 2.28. The van der Waals surface area contributed by atoms with E-state index in [1.165, 1.54) is 6.08 Å². The average molecular weight is 184 g/mol. The molecule has 0 N–H and O–H groups in total. The lowest BCUT2D eigenvalue weighted by Crippen LogP contribution is -2.23. The van der Waals surface area contributed by atoms with Gasteiger partial charge in [0.1, 0.15) is 6.61 Å². The van der Waals surface area contributed by atoms with Crippen molar-refractivity contribution >= 4 is 11.9 Å². The number of rotatable bonds is 1. The fourth-order valence-electron chi connectivity index (χ4n) is 0.684. The van der Waals surface area contributed by atoms with E-state index in [1.807, 2.05) is 0 Å². The molecule has 0 amide bonds. The van der Waals surface area contributed by atoms with Gasteiger partial charge in [-0.2, -0.15) is 0 Å². The van der Waals surface area contributed by atoms with Crippen molar-refractivity contribution in [2.45, 2.75) is 20.8 Å². The molecule has 0 aromatic carbocycles. The summed E-state index contributed by atoms with van der Waals surface area (Å²) in [6.07, 6.45) is 1.45. The Bertz CT molecular complexity index is 270. The van der Waals surface area contributed by atoms with Crippen molar-refractivity contribution in [2.75, 3.05) is 6.61 Å². The highest BCUT2D eigenvalue weighted by atomic mass is 16.6. The zero-order valence-electron chi connectivity index (χ0n) is 7.92. The van der Waals surface area contributed by atoms with Crippen molar-refractivity contribution in [1.29, 1.82) is 0 Å². The van der Waals surface area contributed by atoms with Crippen LogP contribution in [0.2, 0.25) is 0 Å². The number of hydrogen-bond acceptors (Lipinski definition) is 4. The molecule has 1 heterocycles. The summed E-state index contributed by atoms with van der Waals surface area (Å²) in [7, 11) is 0. The molecule has 0 aromatic heterocycles. The Balaban J connectivity index is 2.60. The second-order valence-electron chi connectivity index (χ2n) is 3.81. The quantitative estimate of drug-likeness (QED) is 0.571. The van der Waals surface area contributed by atoms with Crippen LogP contribution in [0.4, 0.5) is 0 Å². The van der Waals surface area contributed by atoms with Crippen LogP contribution >= 0.6 is 0 Å². The van der Waals surface area contributed by atoms with E-state index in [2.05, 4.69) is 4.74 Å². The molecule has 0 atom stereocenters. The lowest BCUT2D eigenvalue weighted by atomic mass is 9.97. The van der Waals surface area contributed by atoms with Gasteiger partial charge in [0, 0.05) is 6.08 Å². The summed E-state index contributed by atoms with van der Waals surface area (Å²) in [5.41, 5.74) is -0.607. The van der Waals surface area contributed by atoms with Crippen LogP contribution in [0.1, 0.15) is 20.8 Å². The number of cyclic esters (lactones) is 1. The molecule has 0 unspecified atom stereocenters. The fraction of sp³-hybridized carbons (Fsp3) is 0.556. The van der Waals surface area contributed by atoms with Gasteiger partial charge < -0.3 is 9.47 Å². The Kier molecular flexibility index (Phi) is 2.40. The Morgan fingerprint density at radius 2 is 2.15 bits per heavy atom. The maximum Gasteiger partial charge on any atom is 0.374 e. The smallest absolute Gasteiger partial charge is 0.374 e. The molecule has 1 rings (SSSR count). The monoisotopic (exact) mass is 184 g/mol. The van der Waals surface area contributed by atoms with Crippen LogP contribution in [0, 0.1) is 5.41 Å². The Morgan fingerprint density at radius 1 is 1.54 bits per heavy atom. The molecule has 0 bridgehead atoms. The lowest BCUT2D eigenvalue weighted by Gasteiger charge is -2.15. The highest BCUT2D eigenvalue weighted by molar-refractivity contribution is 5.92. The van der Waals surface area contributed by atoms with Crippen molar-refractivity contribution in [3.05, 3.63) is 11.8 Å². The summed E-state index contributed by atoms with van der Waals surface area (Å²) in [5, 5.41) is 0. The SMILES string of the molecule is CC(C)(C)C(=O)OC1=CCOC1=O. The number of esters is 2. The van der Waals surface area contributed by atoms with Gasteiger partial charge >= 0.3 is 11.9 Å². The Morgan fingerprint density at radius 3 is 2.54 bits per heavy atom. The Hall–Kier alpha value is -1.32. The third kappa shape index (κ3) is 2.31. The molecule has 13 heavy (non-hydrogen) atoms. The van der Waals surface area contributed by atoms with Crippen LogP contribution in [-0.4, -0.2) is 18.5 Å². The third-order valence-corrected chi connectivity index (χ3v) is 1.50. The molecule has 1 aliphatic heterocycles. The molecule has 0 fully saturated rings. The van der Waals surface area contributed by atoms with Crippen molar-refractivity contribution < 1.29 is 19.1 Å². The predicted molar refractivity (Wildman–Crippen MR) is 44.6 cm³/mol. The molecule has 0 aromatic rings. The highest BCUT2D eigenvalue weighted by Crippen LogP contribution is 2.19. The van der Waals surface area contributed by atoms with E-state index in [0.29, 0.717) is 0 Å². The van der Waals surface area contributed by atoms with Crippen molar-refractivity contribution in [2.24, 2.45) is 5.41 Å². The zero-order valence-corrected chi connectivity index (χ0v) is 7.92. The second-order valence-corrected chi connectivity index (χ2v) is 3.81. The summed E-state index contributed by atoms with van der Waals surface area (Å²) < 4.78 is 9.41. The molecule has 0 saturated heterocycles. The maximum absolute atomic E-state index is 11.3. The van der Waals surface area contributed by atoms with Gasteiger partial charge in [0.15, 0.2) is 0 Å². The minimum Gasteiger partial charge on any atom is -0.455 e. The van der Waals surface area contributed by atoms with Crippen LogP contribution in [-0.2, 0) is 19.1 Å². The van der Waals surface area contributed by atoms with Crippen LogP contribution in [0.3, 0.4) is 0 Å². The molecule has 0 radical (unpaired) electrons. The topological polar surface area (TPSA) is 52.6 Å². The molecule has 72 valence electrons. The molecule has 1 aliphatic rings. The minimum atomic E-state index is -0.607. The summed E-state index contributed by atoms with van der Waals surface area (Å²) >= 11 is 0. The zero-order chi connectivity index (χ0) is 10.1. The van der Waals surface area contributed by atoms with E-state index in [9.17, 15) is 9.59 Å². The largest absolute Gasteiger partial charge is 0.455 e. The van der Waals surface area contributed by atoms with Gasteiger partial charge in [0.25, 0.3) is 0 Å². The molecule has 0 aliphatic carbocycles. The van der Waals surface area contributed by atoms with Gasteiger partial charge in [0.2, 0.25) is 5.76 Å². The van der Waals surface area contributed by atoms with Gasteiger partial charge in [0.05, 0.1) is 5.41 Å². The van der Waals surface area contributed by atoms with E-state index in [1.54, 1.807) is 20.8 Å². The lowest BCUT2D eigenvalue weighted by molar-refractivity contribution is -0.154. The Labute approximate surface area is 76.5 Å². The minimum absolute atomic E-state index is 0.0000694. The molecular formula is C9H12O4. The molecular weight excluding hydrogens is 172 g/mol. The van der Waals surface area contributed by atoms with Gasteiger partial charge in [-0.15, -0.1) is 0 Å². The number of ether oxygens (including phenoxy) is 2. The normalized spacial score (nSPS) is 16.5. The summed E-state index contributed by atoms with van der Waals surface area (Å²) in [6, 6.07) is 0. The van der Waals surface area contributed by atoms with Crippen LogP contribution in [0.25, 0.3) is 0 Å². The molecule has 0 saturated carbocycles. The number of hydrogen-bond donors (Lipinski definition) is 0. The average Bonchev–Trinajstić information content (AvgIpc) is 2.34. The summed E-state index contributed by atoms with van der Waals surface area (Å²) in [4.78, 5) is 22.2. The van der Waals surface area contributed by atoms with Gasteiger partial charge in [-0.05, 0) is 20.8 Å². The van der Waals surface area contributed by atoms with Crippen LogP contribution in [0.15, 0.2) is 11.8 Å². The molecule has 4 nitrogen and oxygen atoms in total. The predicted octanol–water partition coefficient (Wildman–Crippen LogP) is 1.02. The summed E-state index contributed by atoms with van der Waals surface area (Å²) in [6.45, 7) is 5.34. The van der Waals surface area contributed by atoms with Crippen molar-refractivity contribution in [3.8, 4) is 0 Å². The van der Waals surface area contributed by atoms with E-state index in [-0.39, 0.29) is 12.4 Å². The van der Waals surface area contributed by atoms with E-state index in [0.717, 1.165) is 0 Å². The fourth-order valence-corrected chi connectivity index (χ4v) is 0.684. The number of carbonyl (C=O) groups excluding carboxylic acids is 2. The van der Waals surface area contributed by atoms with Gasteiger partial charge in [-0.25, -0.2) is 4.79 Å². The first-order chi connectivity index (χ1) is 5.91. The third-order valence-electron chi connectivity index (χ3n) is 1.50. The standard InChI is InChI=1S/C9H12O4/c1-9(2,3)8(11)13-6-4-5-12-7(6)10/h4H,5H2,1-3H3. The molecule has 0 spiro atoms. The van der Waals surface area contributed by atoms with E-state index >= 15 is 0 Å².